The van der Waals surface area contributed by atoms with Crippen LogP contribution in [0.25, 0.3) is 0 Å². The van der Waals surface area contributed by atoms with E-state index in [0.717, 1.165) is 24.2 Å². The maximum Gasteiger partial charge on any atom is 0.142 e. The molecule has 0 unspecified atom stereocenters. The van der Waals surface area contributed by atoms with Crippen molar-refractivity contribution in [3.63, 3.8) is 0 Å². The number of aliphatic hydroxyl groups is 1. The molecule has 0 bridgehead atoms. The molecule has 29 heavy (non-hydrogen) atoms. The molecule has 2 aromatic rings. The number of aliphatic hydroxyl groups excluding tert-OH is 1. The van der Waals surface area contributed by atoms with Crippen LogP contribution < -0.4 is 9.47 Å². The fraction of sp³-hybridized carbons (Fsp3) is 0.500. The lowest BCUT2D eigenvalue weighted by Crippen LogP contribution is -2.43. The van der Waals surface area contributed by atoms with E-state index in [1.165, 1.54) is 16.7 Å². The van der Waals surface area contributed by atoms with E-state index >= 15 is 0 Å². The van der Waals surface area contributed by atoms with E-state index in [9.17, 15) is 5.11 Å². The monoisotopic (exact) mass is 417 g/mol. The molecule has 0 amide bonds. The number of benzene rings is 2. The number of hydrogen-bond acceptors (Lipinski definition) is 4. The molecule has 1 atom stereocenters. The first-order chi connectivity index (χ1) is 13.8. The topological polar surface area (TPSA) is 41.9 Å². The van der Waals surface area contributed by atoms with Crippen LogP contribution in [0.2, 0.25) is 5.02 Å². The second-order valence-electron chi connectivity index (χ2n) is 8.44. The summed E-state index contributed by atoms with van der Waals surface area (Å²) in [6.07, 6.45) is 2.00. The van der Waals surface area contributed by atoms with Crippen LogP contribution in [0.4, 0.5) is 0 Å². The van der Waals surface area contributed by atoms with E-state index in [-0.39, 0.29) is 18.2 Å². The first-order valence-corrected chi connectivity index (χ1v) is 10.7. The number of fused-ring (bicyclic) bond motifs is 1. The summed E-state index contributed by atoms with van der Waals surface area (Å²) in [6.45, 7) is 9.39. The van der Waals surface area contributed by atoms with Gasteiger partial charge in [-0.1, -0.05) is 29.8 Å². The van der Waals surface area contributed by atoms with E-state index in [1.807, 2.05) is 40.0 Å². The lowest BCUT2D eigenvalue weighted by atomic mass is 10.0. The van der Waals surface area contributed by atoms with Gasteiger partial charge < -0.3 is 14.6 Å². The zero-order chi connectivity index (χ0) is 21.2. The summed E-state index contributed by atoms with van der Waals surface area (Å²) in [4.78, 5) is 2.09. The predicted octanol–water partition coefficient (Wildman–Crippen LogP) is 5.32. The summed E-state index contributed by atoms with van der Waals surface area (Å²) in [5.41, 5.74) is 4.61. The van der Waals surface area contributed by atoms with Gasteiger partial charge in [0.25, 0.3) is 0 Å². The first kappa shape index (κ1) is 21.9. The molecule has 4 nitrogen and oxygen atoms in total. The molecule has 0 aromatic heterocycles. The molecule has 1 aliphatic carbocycles. The van der Waals surface area contributed by atoms with Crippen LogP contribution in [-0.2, 0) is 13.0 Å². The van der Waals surface area contributed by atoms with Gasteiger partial charge in [-0.3, -0.25) is 4.90 Å². The van der Waals surface area contributed by atoms with Crippen molar-refractivity contribution < 1.29 is 14.6 Å². The largest absolute Gasteiger partial charge is 0.493 e. The third kappa shape index (κ3) is 4.71. The van der Waals surface area contributed by atoms with Crippen LogP contribution in [0.1, 0.15) is 55.5 Å². The SMILES string of the molecule is CCOc1cc(O[C@H]2CCc3c(C)cccc32)c(Cl)cc1CN(C)C(C)(C)CO. The van der Waals surface area contributed by atoms with E-state index < -0.39 is 0 Å². The zero-order valence-corrected chi connectivity index (χ0v) is 18.8. The van der Waals surface area contributed by atoms with Gasteiger partial charge in [0.1, 0.15) is 17.6 Å². The standard InChI is InChI=1S/C24H32ClNO3/c1-6-28-22-13-23(20(25)12-17(22)14-26(5)24(3,4)15-27)29-21-11-10-18-16(2)8-7-9-19(18)21/h7-9,12-13,21,27H,6,10-11,14-15H2,1-5H3/t21-/m0/s1. The lowest BCUT2D eigenvalue weighted by molar-refractivity contribution is 0.0726. The van der Waals surface area contributed by atoms with Gasteiger partial charge in [-0.05, 0) is 70.3 Å². The van der Waals surface area contributed by atoms with Crippen LogP contribution in [0.3, 0.4) is 0 Å². The molecule has 1 N–H and O–H groups in total. The highest BCUT2D eigenvalue weighted by atomic mass is 35.5. The molecule has 0 saturated carbocycles. The van der Waals surface area contributed by atoms with Crippen LogP contribution in [0.5, 0.6) is 11.5 Å². The summed E-state index contributed by atoms with van der Waals surface area (Å²) in [5.74, 6) is 1.43. The van der Waals surface area contributed by atoms with Crippen molar-refractivity contribution in [2.75, 3.05) is 20.3 Å². The lowest BCUT2D eigenvalue weighted by Gasteiger charge is -2.34. The smallest absolute Gasteiger partial charge is 0.142 e. The van der Waals surface area contributed by atoms with Gasteiger partial charge in [0, 0.05) is 23.7 Å². The second kappa shape index (κ2) is 8.95. The fourth-order valence-electron chi connectivity index (χ4n) is 3.74. The molecule has 0 fully saturated rings. The molecule has 0 spiro atoms. The third-order valence-electron chi connectivity index (χ3n) is 5.96. The Hall–Kier alpha value is -1.75. The van der Waals surface area contributed by atoms with Crippen molar-refractivity contribution in [1.82, 2.24) is 4.90 Å². The summed E-state index contributed by atoms with van der Waals surface area (Å²) in [7, 11) is 1.99. The highest BCUT2D eigenvalue weighted by molar-refractivity contribution is 6.32. The molecule has 2 aromatic carbocycles. The fourth-order valence-corrected chi connectivity index (χ4v) is 3.98. The highest BCUT2D eigenvalue weighted by Gasteiger charge is 2.27. The number of halogens is 1. The Labute approximate surface area is 179 Å². The number of hydrogen-bond donors (Lipinski definition) is 1. The first-order valence-electron chi connectivity index (χ1n) is 10.3. The third-order valence-corrected chi connectivity index (χ3v) is 6.26. The molecule has 0 heterocycles. The Morgan fingerprint density at radius 2 is 2.00 bits per heavy atom. The van der Waals surface area contributed by atoms with Crippen molar-refractivity contribution >= 4 is 11.6 Å². The highest BCUT2D eigenvalue weighted by Crippen LogP contribution is 2.41. The minimum Gasteiger partial charge on any atom is -0.493 e. The zero-order valence-electron chi connectivity index (χ0n) is 18.1. The Kier molecular flexibility index (Phi) is 6.77. The average molecular weight is 418 g/mol. The Morgan fingerprint density at radius 3 is 2.69 bits per heavy atom. The van der Waals surface area contributed by atoms with Gasteiger partial charge in [-0.25, -0.2) is 0 Å². The maximum absolute atomic E-state index is 9.65. The van der Waals surface area contributed by atoms with E-state index in [2.05, 4.69) is 30.0 Å². The molecule has 158 valence electrons. The number of rotatable bonds is 8. The summed E-state index contributed by atoms with van der Waals surface area (Å²) in [5, 5.41) is 10.2. The molecule has 5 heteroatoms. The van der Waals surface area contributed by atoms with Crippen LogP contribution in [-0.4, -0.2) is 35.8 Å². The normalized spacial score (nSPS) is 16.2. The van der Waals surface area contributed by atoms with Crippen molar-refractivity contribution in [3.05, 3.63) is 57.6 Å². The van der Waals surface area contributed by atoms with Crippen molar-refractivity contribution in [1.29, 1.82) is 0 Å². The number of likely N-dealkylation sites (N-methyl/N-ethyl adjacent to an activating group) is 1. The Balaban J connectivity index is 1.86. The number of nitrogens with zero attached hydrogens (tertiary/aromatic N) is 1. The Morgan fingerprint density at radius 1 is 1.24 bits per heavy atom. The minimum atomic E-state index is -0.337. The van der Waals surface area contributed by atoms with E-state index in [1.54, 1.807) is 0 Å². The van der Waals surface area contributed by atoms with Gasteiger partial charge in [0.05, 0.1) is 18.2 Å². The minimum absolute atomic E-state index is 0.0127. The van der Waals surface area contributed by atoms with E-state index in [0.29, 0.717) is 23.9 Å². The van der Waals surface area contributed by atoms with Crippen LogP contribution in [0, 0.1) is 6.92 Å². The van der Waals surface area contributed by atoms with Gasteiger partial charge in [0.15, 0.2) is 0 Å². The van der Waals surface area contributed by atoms with Crippen molar-refractivity contribution in [3.8, 4) is 11.5 Å². The van der Waals surface area contributed by atoms with Crippen molar-refractivity contribution in [2.45, 2.75) is 58.7 Å². The molecule has 0 radical (unpaired) electrons. The number of aryl methyl sites for hydroxylation is 1. The summed E-state index contributed by atoms with van der Waals surface area (Å²) < 4.78 is 12.3. The van der Waals surface area contributed by atoms with Gasteiger partial charge >= 0.3 is 0 Å². The number of ether oxygens (including phenoxy) is 2. The molecular weight excluding hydrogens is 386 g/mol. The van der Waals surface area contributed by atoms with Crippen LogP contribution >= 0.6 is 11.6 Å². The summed E-state index contributed by atoms with van der Waals surface area (Å²) in [6, 6.07) is 10.2. The molecule has 0 aliphatic heterocycles. The van der Waals surface area contributed by atoms with Gasteiger partial charge in [-0.2, -0.15) is 0 Å². The summed E-state index contributed by atoms with van der Waals surface area (Å²) >= 11 is 6.62. The van der Waals surface area contributed by atoms with Gasteiger partial charge in [-0.15, -0.1) is 0 Å². The Bertz CT molecular complexity index is 865. The molecule has 0 saturated heterocycles. The average Bonchev–Trinajstić information content (AvgIpc) is 3.09. The van der Waals surface area contributed by atoms with E-state index in [4.69, 9.17) is 21.1 Å². The van der Waals surface area contributed by atoms with Gasteiger partial charge in [0.2, 0.25) is 0 Å². The predicted molar refractivity (Wildman–Crippen MR) is 118 cm³/mol. The van der Waals surface area contributed by atoms with Crippen LogP contribution in [0.15, 0.2) is 30.3 Å². The quantitative estimate of drug-likeness (QED) is 0.631. The second-order valence-corrected chi connectivity index (χ2v) is 8.85. The molecular formula is C24H32ClNO3. The molecule has 1 aliphatic rings. The maximum atomic E-state index is 9.65. The van der Waals surface area contributed by atoms with Crippen molar-refractivity contribution in [2.24, 2.45) is 0 Å². The molecule has 3 rings (SSSR count).